The number of fused-ring (bicyclic) bond motifs is 1. The molecule has 0 aromatic heterocycles. The lowest BCUT2D eigenvalue weighted by molar-refractivity contribution is -0.176. The number of rotatable bonds is 12. The SMILES string of the molecule is C[SiH2]OC(O[SiH2]C)C(C)(C)C[C@H]1O[C@@H]2SC(C(=O)OC(C)(C)C)=N[C@@H]2[C@H](O[Si](C)(C)C(C)(C)C)[C@@H]1OC(=O)c1ccccc1. The molecule has 1 aromatic rings. The highest BCUT2D eigenvalue weighted by Crippen LogP contribution is 2.46. The van der Waals surface area contributed by atoms with Gasteiger partial charge in [0, 0.05) is 5.41 Å². The Morgan fingerprint density at radius 2 is 1.55 bits per heavy atom. The van der Waals surface area contributed by atoms with E-state index in [2.05, 4.69) is 60.8 Å². The second kappa shape index (κ2) is 14.6. The molecule has 2 heterocycles. The van der Waals surface area contributed by atoms with Crippen molar-refractivity contribution < 1.29 is 37.1 Å². The predicted molar refractivity (Wildman–Crippen MR) is 184 cm³/mol. The van der Waals surface area contributed by atoms with Gasteiger partial charge in [0.2, 0.25) is 0 Å². The first-order chi connectivity index (χ1) is 20.3. The van der Waals surface area contributed by atoms with Gasteiger partial charge in [0.05, 0.1) is 11.7 Å². The molecular weight excluding hydrogens is 631 g/mol. The molecule has 2 aliphatic heterocycles. The van der Waals surface area contributed by atoms with E-state index < -0.39 is 80.6 Å². The molecule has 2 aliphatic rings. The van der Waals surface area contributed by atoms with Crippen molar-refractivity contribution in [3.8, 4) is 0 Å². The molecule has 248 valence electrons. The highest BCUT2D eigenvalue weighted by atomic mass is 32.2. The van der Waals surface area contributed by atoms with Gasteiger partial charge < -0.3 is 27.5 Å². The van der Waals surface area contributed by atoms with Gasteiger partial charge in [-0.25, -0.2) is 9.59 Å². The van der Waals surface area contributed by atoms with Gasteiger partial charge in [-0.3, -0.25) is 4.99 Å². The van der Waals surface area contributed by atoms with Crippen LogP contribution in [0.5, 0.6) is 0 Å². The Labute approximate surface area is 273 Å². The zero-order valence-electron chi connectivity index (χ0n) is 28.6. The molecule has 0 N–H and O–H groups in total. The first-order valence-electron chi connectivity index (χ1n) is 15.6. The minimum atomic E-state index is -2.43. The molecule has 1 aromatic carbocycles. The van der Waals surface area contributed by atoms with Crippen LogP contribution >= 0.6 is 11.8 Å². The quantitative estimate of drug-likeness (QED) is 0.167. The Morgan fingerprint density at radius 1 is 0.955 bits per heavy atom. The number of nitrogens with zero attached hydrogens (tertiary/aromatic N) is 1. The zero-order chi connectivity index (χ0) is 33.1. The van der Waals surface area contributed by atoms with Gasteiger partial charge in [-0.05, 0) is 57.5 Å². The van der Waals surface area contributed by atoms with E-state index in [0.29, 0.717) is 12.0 Å². The third kappa shape index (κ3) is 9.37. The smallest absolute Gasteiger partial charge is 0.363 e. The lowest BCUT2D eigenvalue weighted by Gasteiger charge is -2.49. The maximum Gasteiger partial charge on any atom is 0.363 e. The summed E-state index contributed by atoms with van der Waals surface area (Å²) >= 11 is 1.26. The molecule has 0 spiro atoms. The Balaban J connectivity index is 2.10. The Bertz CT molecular complexity index is 1160. The van der Waals surface area contributed by atoms with E-state index in [4.69, 9.17) is 32.5 Å². The minimum absolute atomic E-state index is 0.128. The van der Waals surface area contributed by atoms with Crippen molar-refractivity contribution in [3.63, 3.8) is 0 Å². The number of hydrogen-bond acceptors (Lipinski definition) is 10. The molecule has 0 unspecified atom stereocenters. The molecule has 0 radical (unpaired) electrons. The lowest BCUT2D eigenvalue weighted by atomic mass is 9.82. The number of esters is 2. The van der Waals surface area contributed by atoms with Crippen molar-refractivity contribution >= 4 is 56.6 Å². The summed E-state index contributed by atoms with van der Waals surface area (Å²) in [5.41, 5.74) is -1.20. The minimum Gasteiger partial charge on any atom is -0.455 e. The van der Waals surface area contributed by atoms with Gasteiger partial charge in [-0.2, -0.15) is 0 Å². The summed E-state index contributed by atoms with van der Waals surface area (Å²) in [5, 5.41) is 0.113. The summed E-state index contributed by atoms with van der Waals surface area (Å²) in [7, 11) is -3.93. The number of thioether (sulfide) groups is 1. The van der Waals surface area contributed by atoms with Gasteiger partial charge in [0.15, 0.2) is 39.0 Å². The van der Waals surface area contributed by atoms with Crippen LogP contribution in [-0.4, -0.2) is 86.5 Å². The summed E-state index contributed by atoms with van der Waals surface area (Å²) in [6, 6.07) is 8.37. The third-order valence-corrected chi connectivity index (χ3v) is 15.0. The van der Waals surface area contributed by atoms with Crippen molar-refractivity contribution in [2.45, 2.75) is 135 Å². The monoisotopic (exact) mass is 683 g/mol. The van der Waals surface area contributed by atoms with Crippen LogP contribution in [0.25, 0.3) is 0 Å². The zero-order valence-corrected chi connectivity index (χ0v) is 33.2. The van der Waals surface area contributed by atoms with E-state index in [1.807, 2.05) is 39.0 Å². The fraction of sp³-hybridized carbons (Fsp3) is 0.710. The van der Waals surface area contributed by atoms with Crippen LogP contribution in [0.3, 0.4) is 0 Å². The van der Waals surface area contributed by atoms with E-state index in [9.17, 15) is 9.59 Å². The normalized spacial score (nSPS) is 25.7. The number of benzene rings is 1. The van der Waals surface area contributed by atoms with E-state index >= 15 is 0 Å². The van der Waals surface area contributed by atoms with Crippen LogP contribution in [-0.2, 0) is 32.3 Å². The highest BCUT2D eigenvalue weighted by Gasteiger charge is 2.56. The molecular formula is C31H53NO8SSi3. The molecule has 9 nitrogen and oxygen atoms in total. The van der Waals surface area contributed by atoms with Crippen molar-refractivity contribution in [2.75, 3.05) is 0 Å². The molecule has 0 aliphatic carbocycles. The van der Waals surface area contributed by atoms with Crippen LogP contribution in [0.2, 0.25) is 31.2 Å². The molecule has 1 saturated heterocycles. The van der Waals surface area contributed by atoms with Crippen LogP contribution in [0.15, 0.2) is 35.3 Å². The molecule has 1 fully saturated rings. The number of aliphatic imine (C=N–C) groups is 1. The Kier molecular flexibility index (Phi) is 12.3. The van der Waals surface area contributed by atoms with Gasteiger partial charge >= 0.3 is 11.9 Å². The van der Waals surface area contributed by atoms with Gasteiger partial charge in [0.1, 0.15) is 29.5 Å². The number of carbonyl (C=O) groups excluding carboxylic acids is 2. The van der Waals surface area contributed by atoms with Crippen molar-refractivity contribution in [3.05, 3.63) is 35.9 Å². The standard InChI is InChI=1S/C31H53NO8SSi3/c1-29(2,3)37-26(34)24-32-21-23(40-44(11,12)30(4,5)6)22(36-25(33)19-16-14-13-15-17-19)20(35-27(21)41-24)18-31(7,8)28(38-42-9)39-43-10/h13-17,20-23,27-28H,18,42-43H2,1-12H3/t20-,21-,22-,23+,27-/m1/s1. The summed E-state index contributed by atoms with van der Waals surface area (Å²) in [5.74, 6) is -0.957. The first kappa shape index (κ1) is 37.1. The average molecular weight is 684 g/mol. The fourth-order valence-corrected chi connectivity index (χ4v) is 9.26. The van der Waals surface area contributed by atoms with Crippen molar-refractivity contribution in [1.29, 1.82) is 0 Å². The average Bonchev–Trinajstić information content (AvgIpc) is 3.33. The molecule has 3 rings (SSSR count). The summed E-state index contributed by atoms with van der Waals surface area (Å²) in [6.45, 7) is 24.7. The topological polar surface area (TPSA) is 102 Å². The largest absolute Gasteiger partial charge is 0.455 e. The number of hydrogen-bond donors (Lipinski definition) is 0. The summed E-state index contributed by atoms with van der Waals surface area (Å²) < 4.78 is 38.3. The van der Waals surface area contributed by atoms with Crippen LogP contribution in [0.4, 0.5) is 0 Å². The lowest BCUT2D eigenvalue weighted by Crippen LogP contribution is -2.62. The molecule has 5 atom stereocenters. The second-order valence-corrected chi connectivity index (χ2v) is 22.3. The van der Waals surface area contributed by atoms with E-state index in [1.165, 1.54) is 11.8 Å². The van der Waals surface area contributed by atoms with E-state index in [-0.39, 0.29) is 16.4 Å². The van der Waals surface area contributed by atoms with Gasteiger partial charge in [-0.15, -0.1) is 0 Å². The van der Waals surface area contributed by atoms with Gasteiger partial charge in [-0.1, -0.05) is 77.7 Å². The summed E-state index contributed by atoms with van der Waals surface area (Å²) in [4.78, 5) is 31.6. The Morgan fingerprint density at radius 3 is 2.07 bits per heavy atom. The molecule has 13 heteroatoms. The maximum atomic E-state index is 13.6. The van der Waals surface area contributed by atoms with Crippen molar-refractivity contribution in [2.24, 2.45) is 10.4 Å². The van der Waals surface area contributed by atoms with Crippen LogP contribution in [0.1, 0.15) is 72.2 Å². The highest BCUT2D eigenvalue weighted by molar-refractivity contribution is 8.16. The molecule has 44 heavy (non-hydrogen) atoms. The van der Waals surface area contributed by atoms with Crippen LogP contribution in [0, 0.1) is 5.41 Å². The number of ether oxygens (including phenoxy) is 3. The van der Waals surface area contributed by atoms with E-state index in [1.54, 1.807) is 12.1 Å². The van der Waals surface area contributed by atoms with E-state index in [0.717, 1.165) is 0 Å². The molecule has 0 bridgehead atoms. The van der Waals surface area contributed by atoms with Crippen molar-refractivity contribution in [1.82, 2.24) is 0 Å². The Hall–Kier alpha value is -1.33. The first-order valence-corrected chi connectivity index (χ1v) is 23.4. The number of carbonyl (C=O) groups is 2. The second-order valence-electron chi connectivity index (χ2n) is 14.6. The predicted octanol–water partition coefficient (Wildman–Crippen LogP) is 5.22. The van der Waals surface area contributed by atoms with Gasteiger partial charge in [0.25, 0.3) is 0 Å². The molecule has 0 amide bonds. The van der Waals surface area contributed by atoms with Crippen LogP contribution < -0.4 is 0 Å². The third-order valence-electron chi connectivity index (χ3n) is 8.17. The molecule has 0 saturated carbocycles. The maximum absolute atomic E-state index is 13.6. The fourth-order valence-electron chi connectivity index (χ4n) is 4.96. The summed E-state index contributed by atoms with van der Waals surface area (Å²) in [6.07, 6.45) is -1.90.